The van der Waals surface area contributed by atoms with Gasteiger partial charge >= 0.3 is 0 Å². The van der Waals surface area contributed by atoms with Crippen LogP contribution in [0, 0.1) is 0 Å². The maximum Gasteiger partial charge on any atom is 0.183 e. The summed E-state index contributed by atoms with van der Waals surface area (Å²) in [5.74, 6) is 1.01. The molecule has 1 aliphatic heterocycles. The topological polar surface area (TPSA) is 28.4 Å². The van der Waals surface area contributed by atoms with Crippen molar-refractivity contribution >= 4 is 31.9 Å². The van der Waals surface area contributed by atoms with E-state index in [0.29, 0.717) is 6.04 Å². The molecule has 5 heteroatoms. The van der Waals surface area contributed by atoms with Gasteiger partial charge in [-0.05, 0) is 50.9 Å². The second-order valence-corrected chi connectivity index (χ2v) is 5.69. The lowest BCUT2D eigenvalue weighted by Gasteiger charge is -2.37. The third-order valence-corrected chi connectivity index (χ3v) is 4.55. The minimum absolute atomic E-state index is 0.669. The molecule has 3 nitrogen and oxygen atoms in total. The monoisotopic (exact) mass is 350 g/mol. The molecule has 1 N–H and O–H groups in total. The molecule has 0 spiro atoms. The fourth-order valence-electron chi connectivity index (χ4n) is 1.88. The standard InChI is InChI=1S/C11H16Br2N2O/c1-2-3-15(8-5-14-6-8)7-9-4-10(12)11(13)16-9/h4,8,14H,2-3,5-7H2,1H3. The van der Waals surface area contributed by atoms with Gasteiger partial charge in [-0.15, -0.1) is 0 Å². The van der Waals surface area contributed by atoms with Gasteiger partial charge in [0, 0.05) is 19.1 Å². The average molecular weight is 352 g/mol. The predicted molar refractivity (Wildman–Crippen MR) is 71.5 cm³/mol. The Balaban J connectivity index is 1.98. The highest BCUT2D eigenvalue weighted by Gasteiger charge is 2.24. The van der Waals surface area contributed by atoms with Crippen molar-refractivity contribution in [3.05, 3.63) is 21.0 Å². The van der Waals surface area contributed by atoms with Gasteiger partial charge in [0.05, 0.1) is 11.0 Å². The number of furan rings is 1. The van der Waals surface area contributed by atoms with Crippen LogP contribution in [0.15, 0.2) is 19.6 Å². The summed E-state index contributed by atoms with van der Waals surface area (Å²) in [6.07, 6.45) is 1.18. The van der Waals surface area contributed by atoms with Crippen LogP contribution in [0.5, 0.6) is 0 Å². The molecule has 16 heavy (non-hydrogen) atoms. The molecule has 0 aliphatic carbocycles. The third-order valence-electron chi connectivity index (χ3n) is 2.84. The summed E-state index contributed by atoms with van der Waals surface area (Å²) in [5.41, 5.74) is 0. The Kier molecular flexibility index (Phi) is 4.47. The molecule has 0 atom stereocenters. The molecule has 0 aromatic carbocycles. The van der Waals surface area contributed by atoms with Crippen LogP contribution in [0.3, 0.4) is 0 Å². The molecule has 2 heterocycles. The zero-order valence-corrected chi connectivity index (χ0v) is 12.5. The minimum atomic E-state index is 0.669. The first-order valence-corrected chi connectivity index (χ1v) is 7.17. The average Bonchev–Trinajstić information content (AvgIpc) is 2.43. The highest BCUT2D eigenvalue weighted by Crippen LogP contribution is 2.27. The molecule has 90 valence electrons. The zero-order valence-electron chi connectivity index (χ0n) is 9.30. The SMILES string of the molecule is CCCN(Cc1cc(Br)c(Br)o1)C1CNC1. The molecule has 0 radical (unpaired) electrons. The predicted octanol–water partition coefficient (Wildman–Crippen LogP) is 2.99. The van der Waals surface area contributed by atoms with Crippen molar-refractivity contribution < 1.29 is 4.42 Å². The van der Waals surface area contributed by atoms with E-state index >= 15 is 0 Å². The Hall–Kier alpha value is 0.160. The van der Waals surface area contributed by atoms with Crippen LogP contribution >= 0.6 is 31.9 Å². The third kappa shape index (κ3) is 2.88. The minimum Gasteiger partial charge on any atom is -0.452 e. The van der Waals surface area contributed by atoms with Crippen LogP contribution < -0.4 is 5.32 Å². The highest BCUT2D eigenvalue weighted by molar-refractivity contribution is 9.13. The lowest BCUT2D eigenvalue weighted by Crippen LogP contribution is -2.56. The van der Waals surface area contributed by atoms with E-state index in [9.17, 15) is 0 Å². The molecule has 1 aromatic rings. The molecule has 1 aliphatic rings. The van der Waals surface area contributed by atoms with Crippen molar-refractivity contribution in [2.45, 2.75) is 25.9 Å². The first-order valence-electron chi connectivity index (χ1n) is 5.59. The molecule has 1 fully saturated rings. The zero-order chi connectivity index (χ0) is 11.5. The van der Waals surface area contributed by atoms with Crippen molar-refractivity contribution in [1.29, 1.82) is 0 Å². The van der Waals surface area contributed by atoms with E-state index < -0.39 is 0 Å². The van der Waals surface area contributed by atoms with Gasteiger partial charge < -0.3 is 9.73 Å². The first-order chi connectivity index (χ1) is 7.70. The summed E-state index contributed by atoms with van der Waals surface area (Å²) in [7, 11) is 0. The fraction of sp³-hybridized carbons (Fsp3) is 0.636. The van der Waals surface area contributed by atoms with Gasteiger partial charge in [0.2, 0.25) is 0 Å². The second-order valence-electron chi connectivity index (χ2n) is 4.12. The van der Waals surface area contributed by atoms with Gasteiger partial charge in [0.1, 0.15) is 5.76 Å². The lowest BCUT2D eigenvalue weighted by molar-refractivity contribution is 0.128. The van der Waals surface area contributed by atoms with E-state index in [1.54, 1.807) is 0 Å². The van der Waals surface area contributed by atoms with Crippen molar-refractivity contribution in [3.8, 4) is 0 Å². The molecule has 0 bridgehead atoms. The van der Waals surface area contributed by atoms with E-state index in [-0.39, 0.29) is 0 Å². The molecule has 1 saturated heterocycles. The Morgan fingerprint density at radius 2 is 2.25 bits per heavy atom. The van der Waals surface area contributed by atoms with Crippen LogP contribution in [0.4, 0.5) is 0 Å². The number of rotatable bonds is 5. The van der Waals surface area contributed by atoms with Crippen LogP contribution in [-0.4, -0.2) is 30.6 Å². The first kappa shape index (κ1) is 12.6. The van der Waals surface area contributed by atoms with Crippen LogP contribution in [0.2, 0.25) is 0 Å². The molecule has 0 saturated carbocycles. The summed E-state index contributed by atoms with van der Waals surface area (Å²) < 4.78 is 7.39. The largest absolute Gasteiger partial charge is 0.452 e. The quantitative estimate of drug-likeness (QED) is 0.883. The van der Waals surface area contributed by atoms with Gasteiger partial charge in [0.15, 0.2) is 4.67 Å². The van der Waals surface area contributed by atoms with Crippen LogP contribution in [-0.2, 0) is 6.54 Å². The number of hydrogen-bond donors (Lipinski definition) is 1. The van der Waals surface area contributed by atoms with Crippen molar-refractivity contribution in [2.75, 3.05) is 19.6 Å². The summed E-state index contributed by atoms with van der Waals surface area (Å²) in [4.78, 5) is 2.48. The van der Waals surface area contributed by atoms with Crippen LogP contribution in [0.25, 0.3) is 0 Å². The van der Waals surface area contributed by atoms with Gasteiger partial charge in [-0.3, -0.25) is 4.90 Å². The second kappa shape index (κ2) is 5.67. The number of halogens is 2. The van der Waals surface area contributed by atoms with Gasteiger partial charge in [-0.2, -0.15) is 0 Å². The number of nitrogens with one attached hydrogen (secondary N) is 1. The summed E-state index contributed by atoms with van der Waals surface area (Å²) in [6, 6.07) is 2.71. The lowest BCUT2D eigenvalue weighted by atomic mass is 10.1. The molecular formula is C11H16Br2N2O. The summed E-state index contributed by atoms with van der Waals surface area (Å²) in [6.45, 7) is 6.44. The number of nitrogens with zero attached hydrogens (tertiary/aromatic N) is 1. The smallest absolute Gasteiger partial charge is 0.183 e. The van der Waals surface area contributed by atoms with Crippen molar-refractivity contribution in [3.63, 3.8) is 0 Å². The fourth-order valence-corrected chi connectivity index (χ4v) is 2.54. The summed E-state index contributed by atoms with van der Waals surface area (Å²) in [5, 5.41) is 3.31. The molecule has 0 amide bonds. The van der Waals surface area contributed by atoms with Crippen molar-refractivity contribution in [1.82, 2.24) is 10.2 Å². The molecule has 0 unspecified atom stereocenters. The Bertz CT molecular complexity index is 330. The van der Waals surface area contributed by atoms with Gasteiger partial charge in [-0.25, -0.2) is 0 Å². The Labute approximate surface area is 113 Å². The summed E-state index contributed by atoms with van der Waals surface area (Å²) >= 11 is 6.81. The van der Waals surface area contributed by atoms with Crippen LogP contribution in [0.1, 0.15) is 19.1 Å². The van der Waals surface area contributed by atoms with E-state index in [1.807, 2.05) is 6.07 Å². The van der Waals surface area contributed by atoms with E-state index in [2.05, 4.69) is 49.0 Å². The molecule has 2 rings (SSSR count). The highest BCUT2D eigenvalue weighted by atomic mass is 79.9. The Morgan fingerprint density at radius 3 is 2.69 bits per heavy atom. The Morgan fingerprint density at radius 1 is 1.50 bits per heavy atom. The van der Waals surface area contributed by atoms with Crippen molar-refractivity contribution in [2.24, 2.45) is 0 Å². The van der Waals surface area contributed by atoms with E-state index in [4.69, 9.17) is 4.42 Å². The maximum atomic E-state index is 5.62. The molecule has 1 aromatic heterocycles. The van der Waals surface area contributed by atoms with Gasteiger partial charge in [0.25, 0.3) is 0 Å². The van der Waals surface area contributed by atoms with E-state index in [1.165, 1.54) is 6.42 Å². The normalized spacial score (nSPS) is 16.8. The van der Waals surface area contributed by atoms with E-state index in [0.717, 1.165) is 41.1 Å². The van der Waals surface area contributed by atoms with Gasteiger partial charge in [-0.1, -0.05) is 6.92 Å². The molecular weight excluding hydrogens is 336 g/mol. The number of hydrogen-bond acceptors (Lipinski definition) is 3. The maximum absolute atomic E-state index is 5.62.